The third-order valence-electron chi connectivity index (χ3n) is 3.23. The van der Waals surface area contributed by atoms with Crippen molar-refractivity contribution in [2.45, 2.75) is 39.8 Å². The van der Waals surface area contributed by atoms with Crippen molar-refractivity contribution in [2.24, 2.45) is 0 Å². The Hall–Kier alpha value is -1.55. The third kappa shape index (κ3) is 3.07. The van der Waals surface area contributed by atoms with Gasteiger partial charge in [-0.15, -0.1) is 0 Å². The van der Waals surface area contributed by atoms with Gasteiger partial charge in [0.25, 0.3) is 0 Å². The van der Waals surface area contributed by atoms with Gasteiger partial charge in [-0.1, -0.05) is 6.07 Å². The molecule has 0 saturated carbocycles. The molecule has 4 heteroatoms. The van der Waals surface area contributed by atoms with Crippen LogP contribution in [-0.2, 0) is 6.54 Å². The van der Waals surface area contributed by atoms with Gasteiger partial charge < -0.3 is 14.6 Å². The van der Waals surface area contributed by atoms with E-state index in [1.54, 1.807) is 0 Å². The summed E-state index contributed by atoms with van der Waals surface area (Å²) in [6, 6.07) is 6.12. The van der Waals surface area contributed by atoms with Crippen LogP contribution in [0.2, 0.25) is 0 Å². The predicted octanol–water partition coefficient (Wildman–Crippen LogP) is 2.68. The highest BCUT2D eigenvalue weighted by Crippen LogP contribution is 2.21. The van der Waals surface area contributed by atoms with Gasteiger partial charge in [0.1, 0.15) is 5.65 Å². The zero-order valence-electron chi connectivity index (χ0n) is 12.6. The summed E-state index contributed by atoms with van der Waals surface area (Å²) in [4.78, 5) is 6.92. The van der Waals surface area contributed by atoms with Crippen molar-refractivity contribution in [3.05, 3.63) is 30.1 Å². The summed E-state index contributed by atoms with van der Waals surface area (Å²) in [5.41, 5.74) is 2.32. The normalized spacial score (nSPS) is 12.1. The maximum atomic E-state index is 4.73. The van der Waals surface area contributed by atoms with Crippen molar-refractivity contribution < 1.29 is 0 Å². The Morgan fingerprint density at radius 2 is 2.05 bits per heavy atom. The Morgan fingerprint density at radius 3 is 2.68 bits per heavy atom. The first-order chi connectivity index (χ1) is 8.92. The van der Waals surface area contributed by atoms with Gasteiger partial charge in [-0.25, -0.2) is 4.98 Å². The molecule has 0 unspecified atom stereocenters. The maximum absolute atomic E-state index is 4.73. The van der Waals surface area contributed by atoms with Crippen LogP contribution in [-0.4, -0.2) is 28.5 Å². The molecular weight excluding hydrogens is 236 g/mol. The van der Waals surface area contributed by atoms with Crippen LogP contribution in [0.5, 0.6) is 0 Å². The van der Waals surface area contributed by atoms with E-state index in [1.165, 1.54) is 5.69 Å². The van der Waals surface area contributed by atoms with Crippen molar-refractivity contribution in [1.29, 1.82) is 0 Å². The first kappa shape index (κ1) is 13.9. The standard InChI is InChI=1S/C15H24N4/c1-6-18(5)14-12(11-16-15(2,3)4)19-10-8-7-9-13(19)17-14/h7-10,16H,6,11H2,1-5H3. The molecule has 2 heterocycles. The molecular formula is C15H24N4. The number of rotatable bonds is 4. The van der Waals surface area contributed by atoms with Crippen LogP contribution in [0.3, 0.4) is 0 Å². The van der Waals surface area contributed by atoms with E-state index in [0.717, 1.165) is 24.6 Å². The highest BCUT2D eigenvalue weighted by Gasteiger charge is 2.17. The molecule has 0 radical (unpaired) electrons. The molecule has 0 aromatic carbocycles. The molecule has 0 bridgehead atoms. The number of anilines is 1. The number of hydrogen-bond donors (Lipinski definition) is 1. The number of hydrogen-bond acceptors (Lipinski definition) is 3. The number of nitrogens with zero attached hydrogens (tertiary/aromatic N) is 3. The van der Waals surface area contributed by atoms with Gasteiger partial charge >= 0.3 is 0 Å². The second-order valence-corrected chi connectivity index (χ2v) is 5.93. The minimum absolute atomic E-state index is 0.0982. The van der Waals surface area contributed by atoms with Gasteiger partial charge in [-0.2, -0.15) is 0 Å². The average molecular weight is 260 g/mol. The van der Waals surface area contributed by atoms with Crippen molar-refractivity contribution >= 4 is 11.5 Å². The number of fused-ring (bicyclic) bond motifs is 1. The monoisotopic (exact) mass is 260 g/mol. The summed E-state index contributed by atoms with van der Waals surface area (Å²) in [5, 5.41) is 3.55. The smallest absolute Gasteiger partial charge is 0.152 e. The van der Waals surface area contributed by atoms with E-state index in [1.807, 2.05) is 18.2 Å². The lowest BCUT2D eigenvalue weighted by Gasteiger charge is -2.22. The average Bonchev–Trinajstić information content (AvgIpc) is 2.73. The molecule has 1 N–H and O–H groups in total. The molecule has 0 aliphatic heterocycles. The Morgan fingerprint density at radius 1 is 1.32 bits per heavy atom. The summed E-state index contributed by atoms with van der Waals surface area (Å²) in [7, 11) is 2.09. The van der Waals surface area contributed by atoms with Crippen molar-refractivity contribution in [3.8, 4) is 0 Å². The van der Waals surface area contributed by atoms with E-state index >= 15 is 0 Å². The Kier molecular flexibility index (Phi) is 3.80. The Labute approximate surface area is 115 Å². The summed E-state index contributed by atoms with van der Waals surface area (Å²) < 4.78 is 2.17. The molecule has 0 aliphatic rings. The summed E-state index contributed by atoms with van der Waals surface area (Å²) in [5.74, 6) is 1.06. The fourth-order valence-corrected chi connectivity index (χ4v) is 2.00. The molecule has 0 amide bonds. The molecule has 2 rings (SSSR count). The topological polar surface area (TPSA) is 32.6 Å². The van der Waals surface area contributed by atoms with Crippen LogP contribution >= 0.6 is 0 Å². The first-order valence-corrected chi connectivity index (χ1v) is 6.84. The van der Waals surface area contributed by atoms with Crippen molar-refractivity contribution in [2.75, 3.05) is 18.5 Å². The second kappa shape index (κ2) is 5.21. The summed E-state index contributed by atoms with van der Waals surface area (Å²) >= 11 is 0. The van der Waals surface area contributed by atoms with Crippen LogP contribution in [0, 0.1) is 0 Å². The zero-order chi connectivity index (χ0) is 14.0. The minimum Gasteiger partial charge on any atom is -0.358 e. The summed E-state index contributed by atoms with van der Waals surface area (Å²) in [6.45, 7) is 10.4. The van der Waals surface area contributed by atoms with Gasteiger partial charge in [0.05, 0.1) is 5.69 Å². The largest absolute Gasteiger partial charge is 0.358 e. The lowest BCUT2D eigenvalue weighted by Crippen LogP contribution is -2.36. The number of nitrogens with one attached hydrogen (secondary N) is 1. The van der Waals surface area contributed by atoms with Crippen LogP contribution in [0.4, 0.5) is 5.82 Å². The van der Waals surface area contributed by atoms with E-state index in [2.05, 4.69) is 55.6 Å². The lowest BCUT2D eigenvalue weighted by atomic mass is 10.1. The zero-order valence-corrected chi connectivity index (χ0v) is 12.6. The number of pyridine rings is 1. The molecule has 104 valence electrons. The molecule has 0 spiro atoms. The number of aromatic nitrogens is 2. The molecule has 19 heavy (non-hydrogen) atoms. The van der Waals surface area contributed by atoms with Gasteiger partial charge in [-0.3, -0.25) is 0 Å². The fourth-order valence-electron chi connectivity index (χ4n) is 2.00. The molecule has 2 aromatic heterocycles. The van der Waals surface area contributed by atoms with Crippen LogP contribution < -0.4 is 10.2 Å². The lowest BCUT2D eigenvalue weighted by molar-refractivity contribution is 0.420. The molecule has 2 aromatic rings. The molecule has 0 atom stereocenters. The number of imidazole rings is 1. The molecule has 4 nitrogen and oxygen atoms in total. The predicted molar refractivity (Wildman–Crippen MR) is 80.7 cm³/mol. The van der Waals surface area contributed by atoms with Gasteiger partial charge in [0.2, 0.25) is 0 Å². The van der Waals surface area contributed by atoms with Crippen LogP contribution in [0.1, 0.15) is 33.4 Å². The van der Waals surface area contributed by atoms with E-state index in [9.17, 15) is 0 Å². The van der Waals surface area contributed by atoms with Gasteiger partial charge in [-0.05, 0) is 39.8 Å². The molecule has 0 fully saturated rings. The van der Waals surface area contributed by atoms with Crippen molar-refractivity contribution in [1.82, 2.24) is 14.7 Å². The maximum Gasteiger partial charge on any atom is 0.152 e. The summed E-state index contributed by atoms with van der Waals surface area (Å²) in [6.07, 6.45) is 2.08. The first-order valence-electron chi connectivity index (χ1n) is 6.84. The van der Waals surface area contributed by atoms with E-state index in [4.69, 9.17) is 4.98 Å². The SMILES string of the molecule is CCN(C)c1nc2ccccn2c1CNC(C)(C)C. The highest BCUT2D eigenvalue weighted by molar-refractivity contribution is 5.55. The minimum atomic E-state index is 0.0982. The quantitative estimate of drug-likeness (QED) is 0.917. The van der Waals surface area contributed by atoms with Gasteiger partial charge in [0.15, 0.2) is 5.82 Å². The van der Waals surface area contributed by atoms with E-state index in [0.29, 0.717) is 0 Å². The van der Waals surface area contributed by atoms with Crippen LogP contribution in [0.25, 0.3) is 5.65 Å². The molecule has 0 saturated heterocycles. The molecule has 0 aliphatic carbocycles. The van der Waals surface area contributed by atoms with Gasteiger partial charge in [0, 0.05) is 31.9 Å². The fraction of sp³-hybridized carbons (Fsp3) is 0.533. The van der Waals surface area contributed by atoms with Crippen molar-refractivity contribution in [3.63, 3.8) is 0 Å². The Balaban J connectivity index is 2.42. The van der Waals surface area contributed by atoms with Crippen LogP contribution in [0.15, 0.2) is 24.4 Å². The second-order valence-electron chi connectivity index (χ2n) is 5.93. The highest BCUT2D eigenvalue weighted by atomic mass is 15.2. The third-order valence-corrected chi connectivity index (χ3v) is 3.23. The Bertz CT molecular complexity index is 551. The van der Waals surface area contributed by atoms with E-state index in [-0.39, 0.29) is 5.54 Å². The van der Waals surface area contributed by atoms with E-state index < -0.39 is 0 Å².